The van der Waals surface area contributed by atoms with Crippen LogP contribution >= 0.6 is 11.3 Å². The molecule has 0 saturated carbocycles. The molecule has 0 aliphatic carbocycles. The van der Waals surface area contributed by atoms with E-state index < -0.39 is 42.3 Å². The van der Waals surface area contributed by atoms with E-state index in [1.165, 1.54) is 6.07 Å². The highest BCUT2D eigenvalue weighted by atomic mass is 32.2. The molecule has 1 aliphatic heterocycles. The molecule has 6 nitrogen and oxygen atoms in total. The molecule has 0 bridgehead atoms. The largest absolute Gasteiger partial charge is 0.444 e. The third-order valence-electron chi connectivity index (χ3n) is 5.41. The van der Waals surface area contributed by atoms with Gasteiger partial charge >= 0.3 is 6.09 Å². The van der Waals surface area contributed by atoms with Gasteiger partial charge in [0, 0.05) is 11.4 Å². The van der Waals surface area contributed by atoms with Crippen LogP contribution in [0.1, 0.15) is 58.0 Å². The van der Waals surface area contributed by atoms with E-state index in [9.17, 15) is 17.8 Å². The molecule has 0 aromatic carbocycles. The van der Waals surface area contributed by atoms with Crippen molar-refractivity contribution in [3.8, 4) is 0 Å². The highest BCUT2D eigenvalue weighted by Gasteiger charge is 2.42. The molecule has 0 fully saturated rings. The van der Waals surface area contributed by atoms with Gasteiger partial charge in [-0.25, -0.2) is 22.9 Å². The van der Waals surface area contributed by atoms with Gasteiger partial charge in [-0.2, -0.15) is 0 Å². The molecule has 1 aromatic rings. The van der Waals surface area contributed by atoms with E-state index in [-0.39, 0.29) is 21.4 Å². The molecule has 1 amide bonds. The van der Waals surface area contributed by atoms with Crippen molar-refractivity contribution in [2.24, 2.45) is 9.17 Å². The van der Waals surface area contributed by atoms with Crippen molar-refractivity contribution in [1.82, 2.24) is 4.90 Å². The molecule has 30 heavy (non-hydrogen) atoms. The van der Waals surface area contributed by atoms with Crippen molar-refractivity contribution in [1.29, 1.82) is 0 Å². The summed E-state index contributed by atoms with van der Waals surface area (Å²) in [5.74, 6) is 0. The van der Waals surface area contributed by atoms with Crippen LogP contribution in [0.25, 0.3) is 0 Å². The molecule has 172 valence electrons. The van der Waals surface area contributed by atoms with E-state index in [0.717, 1.165) is 16.2 Å². The van der Waals surface area contributed by atoms with Gasteiger partial charge in [0.15, 0.2) is 8.24 Å². The van der Waals surface area contributed by atoms with Crippen molar-refractivity contribution in [3.63, 3.8) is 0 Å². The Kier molecular flexibility index (Phi) is 6.84. The van der Waals surface area contributed by atoms with E-state index >= 15 is 0 Å². The summed E-state index contributed by atoms with van der Waals surface area (Å²) < 4.78 is 51.5. The summed E-state index contributed by atoms with van der Waals surface area (Å²) in [4.78, 5) is 14.2. The third kappa shape index (κ3) is 5.41. The number of amides is 1. The maximum atomic E-state index is 14.0. The fourth-order valence-corrected chi connectivity index (χ4v) is 9.35. The average Bonchev–Trinajstić information content (AvgIpc) is 2.94. The molecule has 2 atom stereocenters. The Labute approximate surface area is 183 Å². The Morgan fingerprint density at radius 3 is 2.37 bits per heavy atom. The van der Waals surface area contributed by atoms with Gasteiger partial charge in [-0.15, -0.1) is 11.3 Å². The van der Waals surface area contributed by atoms with Gasteiger partial charge in [-0.05, 0) is 57.0 Å². The monoisotopic (exact) mass is 481 g/mol. The first kappa shape index (κ1) is 25.2. The molecular weight excluding hydrogens is 448 g/mol. The van der Waals surface area contributed by atoms with Crippen LogP contribution in [0, 0.1) is 0 Å². The lowest BCUT2D eigenvalue weighted by Crippen LogP contribution is -2.45. The predicted octanol–water partition coefficient (Wildman–Crippen LogP) is 5.55. The van der Waals surface area contributed by atoms with Crippen molar-refractivity contribution < 1.29 is 22.5 Å². The summed E-state index contributed by atoms with van der Waals surface area (Å²) >= 11 is 1.16. The van der Waals surface area contributed by atoms with Gasteiger partial charge in [0.25, 0.3) is 6.43 Å². The minimum Gasteiger partial charge on any atom is -0.444 e. The first-order chi connectivity index (χ1) is 13.4. The lowest BCUT2D eigenvalue weighted by Gasteiger charge is -2.36. The Morgan fingerprint density at radius 2 is 1.90 bits per heavy atom. The molecule has 1 aliphatic rings. The number of fused-ring (bicyclic) bond motifs is 1. The number of rotatable bonds is 3. The van der Waals surface area contributed by atoms with Gasteiger partial charge < -0.3 is 4.74 Å². The van der Waals surface area contributed by atoms with E-state index in [1.54, 1.807) is 20.8 Å². The van der Waals surface area contributed by atoms with Crippen LogP contribution < -0.4 is 5.14 Å². The molecule has 0 radical (unpaired) electrons. The lowest BCUT2D eigenvalue weighted by atomic mass is 10.0. The average molecular weight is 482 g/mol. The van der Waals surface area contributed by atoms with E-state index in [0.29, 0.717) is 11.3 Å². The van der Waals surface area contributed by atoms with Crippen LogP contribution in [-0.2, 0) is 21.1 Å². The van der Waals surface area contributed by atoms with Crippen molar-refractivity contribution in [2.45, 2.75) is 88.4 Å². The quantitative estimate of drug-likeness (QED) is 0.574. The Hall–Kier alpha value is -1.04. The summed E-state index contributed by atoms with van der Waals surface area (Å²) in [6.07, 6.45) is -3.23. The summed E-state index contributed by atoms with van der Waals surface area (Å²) in [7, 11) is -5.57. The Bertz CT molecular complexity index is 926. The molecule has 1 aromatic heterocycles. The second-order valence-corrected chi connectivity index (χ2v) is 18.4. The zero-order chi connectivity index (χ0) is 23.3. The second kappa shape index (κ2) is 8.14. The predicted molar refractivity (Wildman–Crippen MR) is 120 cm³/mol. The molecule has 2 unspecified atom stereocenters. The zero-order valence-corrected chi connectivity index (χ0v) is 21.5. The molecular formula is C19H33F2N3O3S2Si. The lowest BCUT2D eigenvalue weighted by molar-refractivity contribution is -0.0185. The zero-order valence-electron chi connectivity index (χ0n) is 18.9. The number of ether oxygens (including phenoxy) is 1. The van der Waals surface area contributed by atoms with E-state index in [4.69, 9.17) is 9.88 Å². The third-order valence-corrected chi connectivity index (χ3v) is 14.7. The maximum Gasteiger partial charge on any atom is 0.411 e. The smallest absolute Gasteiger partial charge is 0.411 e. The van der Waals surface area contributed by atoms with Gasteiger partial charge in [-0.1, -0.05) is 20.8 Å². The number of nitrogens with zero attached hydrogens (tertiary/aromatic N) is 2. The number of hydrogen-bond donors (Lipinski definition) is 1. The number of thiophene rings is 1. The summed E-state index contributed by atoms with van der Waals surface area (Å²) in [5, 5.41) is 5.98. The standard InChI is InChI=1S/C19H33F2N3O3S2Si/c1-18(2,3)27-17(25)24-10-9-13-12(15(24)16(20)21)11-14(28-13)29(22,26)23-30(7,8)19(4,5)6/h11,15-16H,9-10H2,1-8H3,(H2,22,23,26). The minimum atomic E-state index is -3.24. The minimum absolute atomic E-state index is 0.0992. The topological polar surface area (TPSA) is 85.0 Å². The van der Waals surface area contributed by atoms with Gasteiger partial charge in [0.1, 0.15) is 25.8 Å². The normalized spacial score (nSPS) is 20.0. The first-order valence-electron chi connectivity index (χ1n) is 9.82. The molecule has 11 heteroatoms. The fraction of sp³-hybridized carbons (Fsp3) is 0.737. The second-order valence-electron chi connectivity index (χ2n) is 10.1. The number of hydrogen-bond acceptors (Lipinski definition) is 5. The first-order valence-corrected chi connectivity index (χ1v) is 15.2. The molecule has 2 heterocycles. The van der Waals surface area contributed by atoms with Crippen LogP contribution in [-0.4, -0.2) is 42.0 Å². The summed E-state index contributed by atoms with van der Waals surface area (Å²) in [6.45, 7) is 15.2. The van der Waals surface area contributed by atoms with Crippen LogP contribution in [0.3, 0.4) is 0 Å². The highest BCUT2D eigenvalue weighted by Crippen LogP contribution is 2.42. The Morgan fingerprint density at radius 1 is 1.33 bits per heavy atom. The van der Waals surface area contributed by atoms with Crippen LogP contribution in [0.15, 0.2) is 14.3 Å². The summed E-state index contributed by atoms with van der Waals surface area (Å²) in [6, 6.07) is -0.0107. The number of nitrogens with two attached hydrogens (primary N) is 1. The van der Waals surface area contributed by atoms with Gasteiger partial charge in [-0.3, -0.25) is 8.93 Å². The number of halogens is 2. The van der Waals surface area contributed by atoms with Gasteiger partial charge in [0.2, 0.25) is 0 Å². The molecule has 2 rings (SSSR count). The van der Waals surface area contributed by atoms with Crippen LogP contribution in [0.2, 0.25) is 18.1 Å². The van der Waals surface area contributed by atoms with Crippen molar-refractivity contribution >= 4 is 35.6 Å². The molecule has 2 N–H and O–H groups in total. The van der Waals surface area contributed by atoms with Crippen molar-refractivity contribution in [2.75, 3.05) is 6.54 Å². The van der Waals surface area contributed by atoms with Crippen LogP contribution in [0.4, 0.5) is 13.6 Å². The Balaban J connectivity index is 2.49. The van der Waals surface area contributed by atoms with Crippen molar-refractivity contribution in [3.05, 3.63) is 16.5 Å². The van der Waals surface area contributed by atoms with E-state index in [2.05, 4.69) is 4.03 Å². The summed E-state index contributed by atoms with van der Waals surface area (Å²) in [5.41, 5.74) is -0.511. The number of carbonyl (C=O) groups excluding carboxylic acids is 1. The number of carbonyl (C=O) groups is 1. The van der Waals surface area contributed by atoms with E-state index in [1.807, 2.05) is 33.9 Å². The molecule has 0 saturated heterocycles. The van der Waals surface area contributed by atoms with Crippen LogP contribution in [0.5, 0.6) is 0 Å². The van der Waals surface area contributed by atoms with Gasteiger partial charge in [0.05, 0.1) is 0 Å². The number of alkyl halides is 2. The maximum absolute atomic E-state index is 14.0. The SMILES string of the molecule is CC(C)(C)OC(=O)N1CCc2sc(S(N)(=O)=N[Si](C)(C)C(C)(C)C)cc2C1C(F)F. The fourth-order valence-electron chi connectivity index (χ4n) is 2.85. The molecule has 0 spiro atoms. The highest BCUT2D eigenvalue weighted by molar-refractivity contribution is 7.94.